The van der Waals surface area contributed by atoms with Gasteiger partial charge in [-0.3, -0.25) is 4.79 Å². The van der Waals surface area contributed by atoms with E-state index in [2.05, 4.69) is 21.2 Å². The van der Waals surface area contributed by atoms with Gasteiger partial charge in [-0.05, 0) is 35.0 Å². The Kier molecular flexibility index (Phi) is 3.96. The fourth-order valence-corrected chi connectivity index (χ4v) is 1.53. The van der Waals surface area contributed by atoms with E-state index in [-0.39, 0.29) is 5.97 Å². The number of hydrogen-bond donors (Lipinski definition) is 2. The van der Waals surface area contributed by atoms with Gasteiger partial charge in [-0.1, -0.05) is 6.07 Å². The van der Waals surface area contributed by atoms with E-state index < -0.39 is 6.23 Å². The summed E-state index contributed by atoms with van der Waals surface area (Å²) >= 11 is 3.31. The number of nitrogen functional groups attached to an aromatic ring is 1. The number of rotatable bonds is 3. The molecular weight excluding hydrogens is 260 g/mol. The molecule has 0 spiro atoms. The molecule has 0 amide bonds. The molecule has 0 saturated carbocycles. The van der Waals surface area contributed by atoms with Gasteiger partial charge in [-0.25, -0.2) is 0 Å². The van der Waals surface area contributed by atoms with E-state index in [1.807, 2.05) is 18.2 Å². The van der Waals surface area contributed by atoms with Crippen molar-refractivity contribution in [3.63, 3.8) is 0 Å². The first kappa shape index (κ1) is 11.8. The van der Waals surface area contributed by atoms with Crippen molar-refractivity contribution in [3.8, 4) is 0 Å². The Bertz CT molecular complexity index is 368. The van der Waals surface area contributed by atoms with Crippen LogP contribution in [0.5, 0.6) is 0 Å². The fraction of sp³-hybridized carbons (Fsp3) is 0.300. The van der Waals surface area contributed by atoms with Gasteiger partial charge in [0.15, 0.2) is 6.23 Å². The summed E-state index contributed by atoms with van der Waals surface area (Å²) in [5.74, 6) is -0.330. The molecule has 0 saturated heterocycles. The van der Waals surface area contributed by atoms with E-state index in [0.29, 0.717) is 5.69 Å². The maximum atomic E-state index is 10.7. The van der Waals surface area contributed by atoms with Gasteiger partial charge >= 0.3 is 5.97 Å². The zero-order valence-electron chi connectivity index (χ0n) is 8.58. The second-order valence-electron chi connectivity index (χ2n) is 3.10. The normalized spacial score (nSPS) is 11.9. The highest BCUT2D eigenvalue weighted by Gasteiger charge is 2.08. The number of halogens is 1. The third-order valence-corrected chi connectivity index (χ3v) is 2.45. The highest BCUT2D eigenvalue weighted by atomic mass is 79.9. The van der Waals surface area contributed by atoms with Crippen LogP contribution >= 0.6 is 15.9 Å². The molecule has 1 unspecified atom stereocenters. The minimum absolute atomic E-state index is 0.330. The first-order valence-corrected chi connectivity index (χ1v) is 5.27. The summed E-state index contributed by atoms with van der Waals surface area (Å²) < 4.78 is 5.74. The molecule has 5 heteroatoms. The van der Waals surface area contributed by atoms with Crippen LogP contribution in [0.2, 0.25) is 0 Å². The summed E-state index contributed by atoms with van der Waals surface area (Å²) in [6, 6.07) is 5.51. The van der Waals surface area contributed by atoms with Crippen molar-refractivity contribution < 1.29 is 9.53 Å². The van der Waals surface area contributed by atoms with Crippen molar-refractivity contribution in [3.05, 3.63) is 22.7 Å². The quantitative estimate of drug-likeness (QED) is 0.504. The van der Waals surface area contributed by atoms with Crippen molar-refractivity contribution >= 4 is 33.3 Å². The van der Waals surface area contributed by atoms with Crippen LogP contribution in [0.15, 0.2) is 22.7 Å². The van der Waals surface area contributed by atoms with Crippen LogP contribution in [0.4, 0.5) is 11.4 Å². The minimum Gasteiger partial charge on any atom is -0.442 e. The third-order valence-electron chi connectivity index (χ3n) is 1.75. The van der Waals surface area contributed by atoms with Crippen LogP contribution < -0.4 is 11.1 Å². The zero-order chi connectivity index (χ0) is 11.4. The van der Waals surface area contributed by atoms with Crippen LogP contribution in [0, 0.1) is 0 Å². The molecule has 4 nitrogen and oxygen atoms in total. The average Bonchev–Trinajstić information content (AvgIpc) is 2.11. The van der Waals surface area contributed by atoms with Crippen LogP contribution in [0.1, 0.15) is 13.8 Å². The van der Waals surface area contributed by atoms with Gasteiger partial charge in [-0.2, -0.15) is 0 Å². The van der Waals surface area contributed by atoms with E-state index >= 15 is 0 Å². The number of nitrogens with two attached hydrogens (primary N) is 1. The Morgan fingerprint density at radius 1 is 1.60 bits per heavy atom. The lowest BCUT2D eigenvalue weighted by molar-refractivity contribution is -0.144. The molecule has 82 valence electrons. The van der Waals surface area contributed by atoms with Gasteiger partial charge in [0.1, 0.15) is 0 Å². The molecule has 1 aromatic carbocycles. The number of esters is 1. The average molecular weight is 273 g/mol. The molecule has 3 N–H and O–H groups in total. The smallest absolute Gasteiger partial charge is 0.304 e. The Morgan fingerprint density at radius 2 is 2.27 bits per heavy atom. The molecule has 1 aromatic rings. The van der Waals surface area contributed by atoms with E-state index in [0.717, 1.165) is 10.2 Å². The molecule has 1 rings (SSSR count). The Morgan fingerprint density at radius 3 is 2.87 bits per heavy atom. The number of para-hydroxylation sites is 1. The second kappa shape index (κ2) is 5.02. The molecule has 0 aliphatic heterocycles. The van der Waals surface area contributed by atoms with Crippen molar-refractivity contribution in [2.75, 3.05) is 11.1 Å². The van der Waals surface area contributed by atoms with Crippen LogP contribution in [-0.4, -0.2) is 12.2 Å². The topological polar surface area (TPSA) is 64.3 Å². The largest absolute Gasteiger partial charge is 0.442 e. The van der Waals surface area contributed by atoms with Crippen LogP contribution in [0.25, 0.3) is 0 Å². The van der Waals surface area contributed by atoms with Gasteiger partial charge < -0.3 is 15.8 Å². The van der Waals surface area contributed by atoms with Gasteiger partial charge in [0.05, 0.1) is 11.4 Å². The molecule has 0 bridgehead atoms. The SMILES string of the molecule is CC(=O)OC(C)Nc1cccc(Br)c1N. The van der Waals surface area contributed by atoms with Gasteiger partial charge in [-0.15, -0.1) is 0 Å². The summed E-state index contributed by atoms with van der Waals surface area (Å²) in [5.41, 5.74) is 7.14. The fourth-order valence-electron chi connectivity index (χ4n) is 1.16. The number of anilines is 2. The number of hydrogen-bond acceptors (Lipinski definition) is 4. The summed E-state index contributed by atoms with van der Waals surface area (Å²) in [7, 11) is 0. The van der Waals surface area contributed by atoms with E-state index in [9.17, 15) is 4.79 Å². The van der Waals surface area contributed by atoms with Gasteiger partial charge in [0, 0.05) is 11.4 Å². The molecule has 1 atom stereocenters. The lowest BCUT2D eigenvalue weighted by atomic mass is 10.2. The first-order valence-electron chi connectivity index (χ1n) is 4.48. The molecule has 0 radical (unpaired) electrons. The van der Waals surface area contributed by atoms with Crippen LogP contribution in [-0.2, 0) is 9.53 Å². The number of ether oxygens (including phenoxy) is 1. The molecule has 0 fully saturated rings. The Balaban J connectivity index is 2.72. The Hall–Kier alpha value is -1.23. The van der Waals surface area contributed by atoms with Gasteiger partial charge in [0.2, 0.25) is 0 Å². The first-order chi connectivity index (χ1) is 7.00. The second-order valence-corrected chi connectivity index (χ2v) is 3.95. The molecule has 0 heterocycles. The van der Waals surface area contributed by atoms with Crippen molar-refractivity contribution in [1.82, 2.24) is 0 Å². The minimum atomic E-state index is -0.404. The zero-order valence-corrected chi connectivity index (χ0v) is 10.2. The highest BCUT2D eigenvalue weighted by molar-refractivity contribution is 9.10. The standard InChI is InChI=1S/C10H13BrN2O2/c1-6(15-7(2)14)13-9-5-3-4-8(11)10(9)12/h3-6,13H,12H2,1-2H3. The molecule has 0 aliphatic rings. The summed E-state index contributed by atoms with van der Waals surface area (Å²) in [6.07, 6.45) is -0.404. The summed E-state index contributed by atoms with van der Waals surface area (Å²) in [6.45, 7) is 3.10. The third kappa shape index (κ3) is 3.43. The lowest BCUT2D eigenvalue weighted by Crippen LogP contribution is -2.22. The molecular formula is C10H13BrN2O2. The van der Waals surface area contributed by atoms with E-state index in [1.54, 1.807) is 6.92 Å². The number of carbonyl (C=O) groups is 1. The number of nitrogens with one attached hydrogen (secondary N) is 1. The van der Waals surface area contributed by atoms with E-state index in [4.69, 9.17) is 10.5 Å². The predicted molar refractivity (Wildman–Crippen MR) is 63.4 cm³/mol. The van der Waals surface area contributed by atoms with Gasteiger partial charge in [0.25, 0.3) is 0 Å². The monoisotopic (exact) mass is 272 g/mol. The lowest BCUT2D eigenvalue weighted by Gasteiger charge is -2.16. The summed E-state index contributed by atoms with van der Waals surface area (Å²) in [4.78, 5) is 10.7. The van der Waals surface area contributed by atoms with E-state index in [1.165, 1.54) is 6.92 Å². The van der Waals surface area contributed by atoms with Crippen molar-refractivity contribution in [2.24, 2.45) is 0 Å². The molecule has 15 heavy (non-hydrogen) atoms. The van der Waals surface area contributed by atoms with Crippen molar-refractivity contribution in [2.45, 2.75) is 20.1 Å². The van der Waals surface area contributed by atoms with Crippen LogP contribution in [0.3, 0.4) is 0 Å². The maximum absolute atomic E-state index is 10.7. The molecule has 0 aromatic heterocycles. The summed E-state index contributed by atoms with van der Waals surface area (Å²) in [5, 5.41) is 2.98. The van der Waals surface area contributed by atoms with Crippen molar-refractivity contribution in [1.29, 1.82) is 0 Å². The highest BCUT2D eigenvalue weighted by Crippen LogP contribution is 2.27. The number of carbonyl (C=O) groups excluding carboxylic acids is 1. The predicted octanol–water partition coefficient (Wildman–Crippen LogP) is 2.35. The molecule has 0 aliphatic carbocycles. The Labute approximate surface area is 96.9 Å². The number of benzene rings is 1. The maximum Gasteiger partial charge on any atom is 0.304 e.